The second-order valence-electron chi connectivity index (χ2n) is 4.89. The number of amides is 1. The SMILES string of the molecule is CCCC[C@@H](C)C[C@@H](CC(=O)OCC)NC(C)=O. The van der Waals surface area contributed by atoms with Gasteiger partial charge in [-0.15, -0.1) is 0 Å². The highest BCUT2D eigenvalue weighted by atomic mass is 16.5. The van der Waals surface area contributed by atoms with E-state index in [2.05, 4.69) is 19.2 Å². The van der Waals surface area contributed by atoms with Crippen molar-refractivity contribution >= 4 is 11.9 Å². The Morgan fingerprint density at radius 3 is 2.44 bits per heavy atom. The predicted octanol–water partition coefficient (Wildman–Crippen LogP) is 2.66. The van der Waals surface area contributed by atoms with Crippen LogP contribution in [-0.4, -0.2) is 24.5 Å². The molecule has 18 heavy (non-hydrogen) atoms. The lowest BCUT2D eigenvalue weighted by Gasteiger charge is -2.21. The molecule has 0 saturated heterocycles. The number of hydrogen-bond acceptors (Lipinski definition) is 3. The molecule has 0 unspecified atom stereocenters. The van der Waals surface area contributed by atoms with Gasteiger partial charge >= 0.3 is 5.97 Å². The van der Waals surface area contributed by atoms with Gasteiger partial charge in [0.1, 0.15) is 0 Å². The zero-order valence-electron chi connectivity index (χ0n) is 12.1. The molecule has 2 atom stereocenters. The third-order valence-electron chi connectivity index (χ3n) is 2.86. The highest BCUT2D eigenvalue weighted by molar-refractivity contribution is 5.75. The molecule has 0 aromatic heterocycles. The van der Waals surface area contributed by atoms with Gasteiger partial charge in [0.05, 0.1) is 13.0 Å². The molecule has 1 amide bonds. The first-order valence-corrected chi connectivity index (χ1v) is 6.92. The van der Waals surface area contributed by atoms with Crippen LogP contribution in [0.1, 0.15) is 59.8 Å². The number of carbonyl (C=O) groups excluding carboxylic acids is 2. The fourth-order valence-corrected chi connectivity index (χ4v) is 2.06. The van der Waals surface area contributed by atoms with Gasteiger partial charge < -0.3 is 10.1 Å². The van der Waals surface area contributed by atoms with E-state index in [0.717, 1.165) is 12.8 Å². The highest BCUT2D eigenvalue weighted by Crippen LogP contribution is 2.16. The van der Waals surface area contributed by atoms with E-state index >= 15 is 0 Å². The van der Waals surface area contributed by atoms with Gasteiger partial charge in [0.15, 0.2) is 0 Å². The fraction of sp³-hybridized carbons (Fsp3) is 0.857. The molecule has 106 valence electrons. The normalized spacial score (nSPS) is 13.8. The van der Waals surface area contributed by atoms with E-state index in [0.29, 0.717) is 12.5 Å². The average molecular weight is 257 g/mol. The van der Waals surface area contributed by atoms with Gasteiger partial charge in [0.25, 0.3) is 0 Å². The van der Waals surface area contributed by atoms with Crippen molar-refractivity contribution in [3.63, 3.8) is 0 Å². The topological polar surface area (TPSA) is 55.4 Å². The van der Waals surface area contributed by atoms with E-state index in [9.17, 15) is 9.59 Å². The van der Waals surface area contributed by atoms with Gasteiger partial charge in [0.2, 0.25) is 5.91 Å². The average Bonchev–Trinajstić information content (AvgIpc) is 2.25. The Balaban J connectivity index is 4.21. The van der Waals surface area contributed by atoms with Gasteiger partial charge in [-0.05, 0) is 19.3 Å². The van der Waals surface area contributed by atoms with Crippen molar-refractivity contribution in [3.05, 3.63) is 0 Å². The maximum atomic E-state index is 11.5. The number of carbonyl (C=O) groups is 2. The van der Waals surface area contributed by atoms with E-state index in [-0.39, 0.29) is 24.3 Å². The van der Waals surface area contributed by atoms with Crippen LogP contribution in [0.4, 0.5) is 0 Å². The standard InChI is InChI=1S/C14H27NO3/c1-5-7-8-11(3)9-13(15-12(4)16)10-14(17)18-6-2/h11,13H,5-10H2,1-4H3,(H,15,16)/t11-,13+/m1/s1. The van der Waals surface area contributed by atoms with Crippen LogP contribution in [0, 0.1) is 5.92 Å². The molecule has 0 heterocycles. The molecule has 4 nitrogen and oxygen atoms in total. The third kappa shape index (κ3) is 9.02. The summed E-state index contributed by atoms with van der Waals surface area (Å²) in [7, 11) is 0. The molecule has 0 rings (SSSR count). The zero-order chi connectivity index (χ0) is 14.0. The van der Waals surface area contributed by atoms with Crippen LogP contribution in [0.5, 0.6) is 0 Å². The molecular weight excluding hydrogens is 230 g/mol. The Hall–Kier alpha value is -1.06. The minimum Gasteiger partial charge on any atom is -0.466 e. The first-order chi connectivity index (χ1) is 8.49. The summed E-state index contributed by atoms with van der Waals surface area (Å²) in [6, 6.07) is -0.103. The van der Waals surface area contributed by atoms with E-state index < -0.39 is 0 Å². The quantitative estimate of drug-likeness (QED) is 0.646. The van der Waals surface area contributed by atoms with Crippen LogP contribution < -0.4 is 5.32 Å². The summed E-state index contributed by atoms with van der Waals surface area (Å²) in [6.07, 6.45) is 4.60. The Labute approximate surface area is 110 Å². The molecule has 0 aliphatic heterocycles. The maximum absolute atomic E-state index is 11.5. The summed E-state index contributed by atoms with van der Waals surface area (Å²) in [5.74, 6) is 0.183. The molecule has 4 heteroatoms. The van der Waals surface area contributed by atoms with E-state index in [1.165, 1.54) is 19.8 Å². The maximum Gasteiger partial charge on any atom is 0.307 e. The Morgan fingerprint density at radius 2 is 1.94 bits per heavy atom. The number of ether oxygens (including phenoxy) is 1. The summed E-state index contributed by atoms with van der Waals surface area (Å²) in [4.78, 5) is 22.6. The van der Waals surface area contributed by atoms with Crippen LogP contribution in [0.25, 0.3) is 0 Å². The first kappa shape index (κ1) is 16.9. The second kappa shape index (κ2) is 9.92. The van der Waals surface area contributed by atoms with Crippen molar-refractivity contribution in [2.45, 2.75) is 65.8 Å². The lowest BCUT2D eigenvalue weighted by Crippen LogP contribution is -2.36. The van der Waals surface area contributed by atoms with Crippen molar-refractivity contribution in [2.24, 2.45) is 5.92 Å². The van der Waals surface area contributed by atoms with Crippen molar-refractivity contribution < 1.29 is 14.3 Å². The molecular formula is C14H27NO3. The molecule has 0 aliphatic rings. The number of hydrogen-bond donors (Lipinski definition) is 1. The first-order valence-electron chi connectivity index (χ1n) is 6.92. The third-order valence-corrected chi connectivity index (χ3v) is 2.86. The fourth-order valence-electron chi connectivity index (χ4n) is 2.06. The largest absolute Gasteiger partial charge is 0.466 e. The predicted molar refractivity (Wildman–Crippen MR) is 72.2 cm³/mol. The van der Waals surface area contributed by atoms with Gasteiger partial charge in [0, 0.05) is 13.0 Å². The smallest absolute Gasteiger partial charge is 0.307 e. The van der Waals surface area contributed by atoms with Crippen LogP contribution in [0.2, 0.25) is 0 Å². The van der Waals surface area contributed by atoms with Crippen LogP contribution in [0.3, 0.4) is 0 Å². The zero-order valence-corrected chi connectivity index (χ0v) is 12.1. The Bertz CT molecular complexity index is 253. The minimum absolute atomic E-state index is 0.0908. The molecule has 0 aromatic rings. The molecule has 0 radical (unpaired) electrons. The summed E-state index contributed by atoms with van der Waals surface area (Å²) in [6.45, 7) is 7.98. The Morgan fingerprint density at radius 1 is 1.28 bits per heavy atom. The van der Waals surface area contributed by atoms with E-state index in [1.54, 1.807) is 6.92 Å². The van der Waals surface area contributed by atoms with Gasteiger partial charge in [-0.1, -0.05) is 33.1 Å². The minimum atomic E-state index is -0.237. The van der Waals surface area contributed by atoms with Crippen molar-refractivity contribution in [3.8, 4) is 0 Å². The molecule has 0 saturated carbocycles. The molecule has 0 spiro atoms. The van der Waals surface area contributed by atoms with Crippen molar-refractivity contribution in [2.75, 3.05) is 6.61 Å². The van der Waals surface area contributed by atoms with Gasteiger partial charge in [-0.25, -0.2) is 0 Å². The van der Waals surface area contributed by atoms with Crippen LogP contribution >= 0.6 is 0 Å². The number of unbranched alkanes of at least 4 members (excludes halogenated alkanes) is 1. The second-order valence-corrected chi connectivity index (χ2v) is 4.89. The number of esters is 1. The number of rotatable bonds is 9. The molecule has 0 aliphatic carbocycles. The molecule has 0 fully saturated rings. The Kier molecular flexibility index (Phi) is 9.33. The summed E-state index contributed by atoms with van der Waals surface area (Å²) >= 11 is 0. The monoisotopic (exact) mass is 257 g/mol. The summed E-state index contributed by atoms with van der Waals surface area (Å²) < 4.78 is 4.93. The van der Waals surface area contributed by atoms with E-state index in [1.807, 2.05) is 0 Å². The summed E-state index contributed by atoms with van der Waals surface area (Å²) in [5.41, 5.74) is 0. The lowest BCUT2D eigenvalue weighted by molar-refractivity contribution is -0.143. The van der Waals surface area contributed by atoms with Crippen LogP contribution in [0.15, 0.2) is 0 Å². The number of nitrogens with one attached hydrogen (secondary N) is 1. The lowest BCUT2D eigenvalue weighted by atomic mass is 9.94. The van der Waals surface area contributed by atoms with E-state index in [4.69, 9.17) is 4.74 Å². The van der Waals surface area contributed by atoms with Gasteiger partial charge in [-0.3, -0.25) is 9.59 Å². The molecule has 0 bridgehead atoms. The highest BCUT2D eigenvalue weighted by Gasteiger charge is 2.18. The van der Waals surface area contributed by atoms with Crippen molar-refractivity contribution in [1.29, 1.82) is 0 Å². The molecule has 1 N–H and O–H groups in total. The molecule has 0 aromatic carbocycles. The van der Waals surface area contributed by atoms with Crippen LogP contribution in [-0.2, 0) is 14.3 Å². The van der Waals surface area contributed by atoms with Crippen molar-refractivity contribution in [1.82, 2.24) is 5.32 Å². The van der Waals surface area contributed by atoms with Gasteiger partial charge in [-0.2, -0.15) is 0 Å². The summed E-state index contributed by atoms with van der Waals surface area (Å²) in [5, 5.41) is 2.84.